The number of Topliss-reactive ketones (excluding diaryl/α,β-unsaturated/α-hetero) is 1. The normalized spacial score (nSPS) is 15.9. The maximum Gasteiger partial charge on any atom is 0.375 e. The van der Waals surface area contributed by atoms with Crippen LogP contribution in [-0.2, 0) is 19.7 Å². The SMILES string of the molecule is CCOC(=O)C(=O)C1(c2ccccc2OC)CC1. The first-order valence-electron chi connectivity index (χ1n) is 6.00. The van der Waals surface area contributed by atoms with Gasteiger partial charge in [0.15, 0.2) is 0 Å². The number of carbonyl (C=O) groups excluding carboxylic acids is 2. The molecule has 0 bridgehead atoms. The third kappa shape index (κ3) is 1.98. The zero-order valence-electron chi connectivity index (χ0n) is 10.6. The van der Waals surface area contributed by atoms with Crippen molar-refractivity contribution in [2.24, 2.45) is 0 Å². The number of para-hydroxylation sites is 1. The smallest absolute Gasteiger partial charge is 0.375 e. The predicted molar refractivity (Wildman–Crippen MR) is 65.5 cm³/mol. The third-order valence-corrected chi connectivity index (χ3v) is 3.27. The van der Waals surface area contributed by atoms with Crippen molar-refractivity contribution >= 4 is 11.8 Å². The highest BCUT2D eigenvalue weighted by molar-refractivity contribution is 6.38. The molecule has 0 spiro atoms. The zero-order valence-corrected chi connectivity index (χ0v) is 10.6. The lowest BCUT2D eigenvalue weighted by Crippen LogP contribution is -2.30. The van der Waals surface area contributed by atoms with Crippen LogP contribution in [0, 0.1) is 0 Å². The molecule has 0 aromatic heterocycles. The molecule has 0 atom stereocenters. The molecule has 1 fully saturated rings. The van der Waals surface area contributed by atoms with Crippen LogP contribution in [0.25, 0.3) is 0 Å². The molecule has 18 heavy (non-hydrogen) atoms. The molecule has 1 aliphatic carbocycles. The first kappa shape index (κ1) is 12.6. The lowest BCUT2D eigenvalue weighted by Gasteiger charge is -2.16. The molecule has 4 heteroatoms. The minimum Gasteiger partial charge on any atom is -0.496 e. The van der Waals surface area contributed by atoms with E-state index in [9.17, 15) is 9.59 Å². The quantitative estimate of drug-likeness (QED) is 0.589. The Morgan fingerprint density at radius 2 is 1.94 bits per heavy atom. The number of rotatable bonds is 5. The van der Waals surface area contributed by atoms with Gasteiger partial charge in [0.2, 0.25) is 0 Å². The van der Waals surface area contributed by atoms with Gasteiger partial charge in [0.25, 0.3) is 5.78 Å². The van der Waals surface area contributed by atoms with Gasteiger partial charge >= 0.3 is 5.97 Å². The number of hydrogen-bond acceptors (Lipinski definition) is 4. The van der Waals surface area contributed by atoms with Crippen molar-refractivity contribution in [1.29, 1.82) is 0 Å². The van der Waals surface area contributed by atoms with Crippen LogP contribution in [0.1, 0.15) is 25.3 Å². The van der Waals surface area contributed by atoms with E-state index >= 15 is 0 Å². The van der Waals surface area contributed by atoms with Crippen molar-refractivity contribution in [3.8, 4) is 5.75 Å². The fraction of sp³-hybridized carbons (Fsp3) is 0.429. The van der Waals surface area contributed by atoms with Crippen LogP contribution in [-0.4, -0.2) is 25.5 Å². The van der Waals surface area contributed by atoms with Crippen LogP contribution in [0.2, 0.25) is 0 Å². The molecule has 0 heterocycles. The van der Waals surface area contributed by atoms with E-state index in [-0.39, 0.29) is 6.61 Å². The van der Waals surface area contributed by atoms with Gasteiger partial charge in [-0.05, 0) is 25.8 Å². The van der Waals surface area contributed by atoms with Gasteiger partial charge < -0.3 is 9.47 Å². The van der Waals surface area contributed by atoms with Gasteiger partial charge in [0.05, 0.1) is 19.1 Å². The van der Waals surface area contributed by atoms with E-state index < -0.39 is 17.2 Å². The van der Waals surface area contributed by atoms with Crippen molar-refractivity contribution in [3.63, 3.8) is 0 Å². The molecule has 4 nitrogen and oxygen atoms in total. The summed E-state index contributed by atoms with van der Waals surface area (Å²) in [5, 5.41) is 0. The molecule has 0 N–H and O–H groups in total. The first-order valence-corrected chi connectivity index (χ1v) is 6.00. The molecule has 0 amide bonds. The summed E-state index contributed by atoms with van der Waals surface area (Å²) in [5.41, 5.74) is 0.0596. The second-order valence-corrected chi connectivity index (χ2v) is 4.33. The molecule has 1 aromatic rings. The van der Waals surface area contributed by atoms with Gasteiger partial charge in [-0.1, -0.05) is 18.2 Å². The number of esters is 1. The van der Waals surface area contributed by atoms with Crippen LogP contribution in [0.15, 0.2) is 24.3 Å². The third-order valence-electron chi connectivity index (χ3n) is 3.27. The molecule has 0 saturated heterocycles. The summed E-state index contributed by atoms with van der Waals surface area (Å²) in [4.78, 5) is 23.7. The van der Waals surface area contributed by atoms with Crippen molar-refractivity contribution in [2.75, 3.05) is 13.7 Å². The summed E-state index contributed by atoms with van der Waals surface area (Å²) in [5.74, 6) is -0.567. The molecule has 1 saturated carbocycles. The number of benzene rings is 1. The Morgan fingerprint density at radius 1 is 1.28 bits per heavy atom. The average molecular weight is 248 g/mol. The van der Waals surface area contributed by atoms with E-state index in [1.54, 1.807) is 20.1 Å². The Bertz CT molecular complexity index is 474. The Kier molecular flexibility index (Phi) is 3.36. The molecule has 1 aromatic carbocycles. The van der Waals surface area contributed by atoms with E-state index in [1.807, 2.05) is 18.2 Å². The summed E-state index contributed by atoms with van der Waals surface area (Å²) in [6, 6.07) is 7.32. The Hall–Kier alpha value is -1.84. The van der Waals surface area contributed by atoms with E-state index in [4.69, 9.17) is 9.47 Å². The molecule has 2 rings (SSSR count). The molecule has 0 aliphatic heterocycles. The van der Waals surface area contributed by atoms with Gasteiger partial charge in [0, 0.05) is 5.56 Å². The van der Waals surface area contributed by atoms with E-state index in [0.717, 1.165) is 5.56 Å². The highest BCUT2D eigenvalue weighted by atomic mass is 16.5. The van der Waals surface area contributed by atoms with Gasteiger partial charge in [-0.3, -0.25) is 4.79 Å². The average Bonchev–Trinajstić information content (AvgIpc) is 3.19. The molecule has 0 unspecified atom stereocenters. The summed E-state index contributed by atoms with van der Waals surface area (Å²) in [6.07, 6.45) is 1.34. The van der Waals surface area contributed by atoms with Gasteiger partial charge in [-0.25, -0.2) is 4.79 Å². The van der Waals surface area contributed by atoms with Crippen molar-refractivity contribution in [1.82, 2.24) is 0 Å². The molecule has 96 valence electrons. The minimum atomic E-state index is -0.749. The molecule has 0 radical (unpaired) electrons. The fourth-order valence-corrected chi connectivity index (χ4v) is 2.18. The Balaban J connectivity index is 2.32. The van der Waals surface area contributed by atoms with E-state index in [0.29, 0.717) is 18.6 Å². The monoisotopic (exact) mass is 248 g/mol. The largest absolute Gasteiger partial charge is 0.496 e. The van der Waals surface area contributed by atoms with Crippen LogP contribution < -0.4 is 4.74 Å². The summed E-state index contributed by atoms with van der Waals surface area (Å²) in [7, 11) is 1.56. The number of ketones is 1. The van der Waals surface area contributed by atoms with Crippen LogP contribution in [0.3, 0.4) is 0 Å². The maximum atomic E-state index is 12.2. The lowest BCUT2D eigenvalue weighted by atomic mass is 9.90. The summed E-state index contributed by atoms with van der Waals surface area (Å²) in [6.45, 7) is 1.90. The standard InChI is InChI=1S/C14H16O4/c1-3-18-13(16)12(15)14(8-9-14)10-6-4-5-7-11(10)17-2/h4-7H,3,8-9H2,1-2H3. The number of ether oxygens (including phenoxy) is 2. The zero-order chi connectivity index (χ0) is 13.2. The second-order valence-electron chi connectivity index (χ2n) is 4.33. The first-order chi connectivity index (χ1) is 8.65. The summed E-state index contributed by atoms with van der Waals surface area (Å²) < 4.78 is 10.1. The Morgan fingerprint density at radius 3 is 2.50 bits per heavy atom. The van der Waals surface area contributed by atoms with Crippen LogP contribution in [0.4, 0.5) is 0 Å². The number of methoxy groups -OCH3 is 1. The molecule has 1 aliphatic rings. The number of carbonyl (C=O) groups is 2. The fourth-order valence-electron chi connectivity index (χ4n) is 2.18. The van der Waals surface area contributed by atoms with Crippen molar-refractivity contribution < 1.29 is 19.1 Å². The highest BCUT2D eigenvalue weighted by Gasteiger charge is 2.55. The lowest BCUT2D eigenvalue weighted by molar-refractivity contribution is -0.154. The topological polar surface area (TPSA) is 52.6 Å². The van der Waals surface area contributed by atoms with Crippen LogP contribution in [0.5, 0.6) is 5.75 Å². The van der Waals surface area contributed by atoms with E-state index in [2.05, 4.69) is 0 Å². The van der Waals surface area contributed by atoms with Crippen LogP contribution >= 0.6 is 0 Å². The van der Waals surface area contributed by atoms with Crippen molar-refractivity contribution in [3.05, 3.63) is 29.8 Å². The second kappa shape index (κ2) is 4.80. The summed E-state index contributed by atoms with van der Waals surface area (Å²) >= 11 is 0. The van der Waals surface area contributed by atoms with Gasteiger partial charge in [0.1, 0.15) is 5.75 Å². The van der Waals surface area contributed by atoms with Crippen molar-refractivity contribution in [2.45, 2.75) is 25.2 Å². The number of hydrogen-bond donors (Lipinski definition) is 0. The molecular formula is C14H16O4. The molecular weight excluding hydrogens is 232 g/mol. The predicted octanol–water partition coefficient (Wildman–Crippen LogP) is 1.86. The minimum absolute atomic E-state index is 0.215. The highest BCUT2D eigenvalue weighted by Crippen LogP contribution is 2.52. The van der Waals surface area contributed by atoms with E-state index in [1.165, 1.54) is 0 Å². The maximum absolute atomic E-state index is 12.2. The Labute approximate surface area is 106 Å². The van der Waals surface area contributed by atoms with Gasteiger partial charge in [-0.15, -0.1) is 0 Å². The van der Waals surface area contributed by atoms with Gasteiger partial charge in [-0.2, -0.15) is 0 Å².